The molecule has 5 heteroatoms. The van der Waals surface area contributed by atoms with Crippen LogP contribution in [0.5, 0.6) is 5.75 Å². The summed E-state index contributed by atoms with van der Waals surface area (Å²) in [5.74, 6) is 0.572. The van der Waals surface area contributed by atoms with Gasteiger partial charge in [-0.15, -0.1) is 0 Å². The van der Waals surface area contributed by atoms with E-state index in [1.807, 2.05) is 54.0 Å². The number of aryl methyl sites for hydroxylation is 2. The number of carbonyl (C=O) groups excluding carboxylic acids is 2. The molecule has 0 spiro atoms. The lowest BCUT2D eigenvalue weighted by atomic mass is 10.0. The fraction of sp³-hybridized carbons (Fsp3) is 0.364. The van der Waals surface area contributed by atoms with E-state index in [0.717, 1.165) is 23.1 Å². The van der Waals surface area contributed by atoms with Crippen molar-refractivity contribution < 1.29 is 14.3 Å². The second-order valence-corrected chi connectivity index (χ2v) is 6.96. The van der Waals surface area contributed by atoms with E-state index >= 15 is 0 Å². The number of ether oxygens (including phenoxy) is 1. The first-order chi connectivity index (χ1) is 13.0. The predicted molar refractivity (Wildman–Crippen MR) is 105 cm³/mol. The Labute approximate surface area is 160 Å². The van der Waals surface area contributed by atoms with Gasteiger partial charge >= 0.3 is 0 Å². The molecular formula is C22H26N2O3. The topological polar surface area (TPSA) is 49.9 Å². The van der Waals surface area contributed by atoms with Crippen molar-refractivity contribution in [1.29, 1.82) is 0 Å². The molecule has 2 amide bonds. The SMILES string of the molecule is COc1ccccc1C(=O)N1CCCN(C(=O)c2ccc(C)cc2C)CC1. The Morgan fingerprint density at radius 2 is 1.48 bits per heavy atom. The Hall–Kier alpha value is -2.82. The van der Waals surface area contributed by atoms with Crippen molar-refractivity contribution in [2.24, 2.45) is 0 Å². The van der Waals surface area contributed by atoms with E-state index in [4.69, 9.17) is 4.74 Å². The molecule has 0 atom stereocenters. The first kappa shape index (κ1) is 19.0. The quantitative estimate of drug-likeness (QED) is 0.837. The van der Waals surface area contributed by atoms with E-state index in [9.17, 15) is 9.59 Å². The number of benzene rings is 2. The highest BCUT2D eigenvalue weighted by Gasteiger charge is 2.25. The van der Waals surface area contributed by atoms with Crippen molar-refractivity contribution in [2.45, 2.75) is 20.3 Å². The molecule has 0 radical (unpaired) electrons. The van der Waals surface area contributed by atoms with Gasteiger partial charge in [-0.1, -0.05) is 29.8 Å². The zero-order chi connectivity index (χ0) is 19.4. The number of hydrogen-bond donors (Lipinski definition) is 0. The van der Waals surface area contributed by atoms with E-state index in [1.165, 1.54) is 0 Å². The Kier molecular flexibility index (Phi) is 5.79. The van der Waals surface area contributed by atoms with E-state index < -0.39 is 0 Å². The third kappa shape index (κ3) is 4.13. The number of hydrogen-bond acceptors (Lipinski definition) is 3. The van der Waals surface area contributed by atoms with Crippen molar-refractivity contribution in [2.75, 3.05) is 33.3 Å². The van der Waals surface area contributed by atoms with Crippen LogP contribution in [-0.2, 0) is 0 Å². The van der Waals surface area contributed by atoms with Gasteiger partial charge in [0.15, 0.2) is 0 Å². The predicted octanol–water partition coefficient (Wildman–Crippen LogP) is 3.30. The van der Waals surface area contributed by atoms with E-state index in [2.05, 4.69) is 0 Å². The molecule has 1 aliphatic heterocycles. The minimum absolute atomic E-state index is 0.0408. The maximum atomic E-state index is 12.9. The van der Waals surface area contributed by atoms with Crippen LogP contribution in [0.1, 0.15) is 38.3 Å². The number of para-hydroxylation sites is 1. The van der Waals surface area contributed by atoms with Crippen molar-refractivity contribution in [3.63, 3.8) is 0 Å². The van der Waals surface area contributed by atoms with Gasteiger partial charge in [-0.25, -0.2) is 0 Å². The number of nitrogens with zero attached hydrogens (tertiary/aromatic N) is 2. The standard InChI is InChI=1S/C22H26N2O3/c1-16-9-10-18(17(2)15-16)21(25)23-11-6-12-24(14-13-23)22(26)19-7-4-5-8-20(19)27-3/h4-5,7-10,15H,6,11-14H2,1-3H3. The van der Waals surface area contributed by atoms with Crippen LogP contribution in [0.3, 0.4) is 0 Å². The second-order valence-electron chi connectivity index (χ2n) is 6.96. The summed E-state index contributed by atoms with van der Waals surface area (Å²) in [7, 11) is 1.57. The van der Waals surface area contributed by atoms with Gasteiger partial charge in [0.25, 0.3) is 11.8 Å². The van der Waals surface area contributed by atoms with Gasteiger partial charge in [0.2, 0.25) is 0 Å². The lowest BCUT2D eigenvalue weighted by molar-refractivity contribution is 0.0716. The maximum absolute atomic E-state index is 12.9. The molecule has 2 aromatic rings. The van der Waals surface area contributed by atoms with E-state index in [1.54, 1.807) is 19.2 Å². The highest BCUT2D eigenvalue weighted by Crippen LogP contribution is 2.21. The Bertz CT molecular complexity index is 847. The maximum Gasteiger partial charge on any atom is 0.257 e. The van der Waals surface area contributed by atoms with Gasteiger partial charge in [-0.3, -0.25) is 9.59 Å². The molecule has 1 aliphatic rings. The van der Waals surface area contributed by atoms with Crippen LogP contribution in [0.2, 0.25) is 0 Å². The molecule has 0 saturated carbocycles. The number of carbonyl (C=O) groups is 2. The van der Waals surface area contributed by atoms with Gasteiger partial charge in [0, 0.05) is 31.7 Å². The van der Waals surface area contributed by atoms with Crippen molar-refractivity contribution in [3.8, 4) is 5.75 Å². The molecule has 1 heterocycles. The second kappa shape index (κ2) is 8.25. The van der Waals surface area contributed by atoms with Gasteiger partial charge in [0.1, 0.15) is 5.75 Å². The minimum atomic E-state index is -0.0479. The molecule has 0 aromatic heterocycles. The Balaban J connectivity index is 1.72. The third-order valence-electron chi connectivity index (χ3n) is 5.02. The van der Waals surface area contributed by atoms with E-state index in [0.29, 0.717) is 37.5 Å². The summed E-state index contributed by atoms with van der Waals surface area (Å²) >= 11 is 0. The van der Waals surface area contributed by atoms with Gasteiger partial charge < -0.3 is 14.5 Å². The highest BCUT2D eigenvalue weighted by molar-refractivity contribution is 5.97. The first-order valence-corrected chi connectivity index (χ1v) is 9.30. The summed E-state index contributed by atoms with van der Waals surface area (Å²) in [5.41, 5.74) is 3.44. The largest absolute Gasteiger partial charge is 0.496 e. The normalized spacial score (nSPS) is 14.6. The summed E-state index contributed by atoms with van der Waals surface area (Å²) in [6, 6.07) is 13.2. The molecule has 0 bridgehead atoms. The molecule has 2 aromatic carbocycles. The average Bonchev–Trinajstić information content (AvgIpc) is 2.93. The van der Waals surface area contributed by atoms with Crippen LogP contribution in [-0.4, -0.2) is 54.9 Å². The summed E-state index contributed by atoms with van der Waals surface area (Å²) < 4.78 is 5.32. The van der Waals surface area contributed by atoms with Crippen LogP contribution >= 0.6 is 0 Å². The molecule has 1 saturated heterocycles. The Morgan fingerprint density at radius 3 is 2.11 bits per heavy atom. The summed E-state index contributed by atoms with van der Waals surface area (Å²) in [6.07, 6.45) is 0.761. The molecule has 3 rings (SSSR count). The Morgan fingerprint density at radius 1 is 0.852 bits per heavy atom. The molecule has 0 unspecified atom stereocenters. The van der Waals surface area contributed by atoms with Crippen molar-refractivity contribution in [1.82, 2.24) is 9.80 Å². The fourth-order valence-electron chi connectivity index (χ4n) is 3.54. The zero-order valence-electron chi connectivity index (χ0n) is 16.2. The van der Waals surface area contributed by atoms with Gasteiger partial charge in [0.05, 0.1) is 12.7 Å². The van der Waals surface area contributed by atoms with E-state index in [-0.39, 0.29) is 11.8 Å². The minimum Gasteiger partial charge on any atom is -0.496 e. The summed E-state index contributed by atoms with van der Waals surface area (Å²) in [5, 5.41) is 0. The van der Waals surface area contributed by atoms with Crippen LogP contribution in [0, 0.1) is 13.8 Å². The molecule has 142 valence electrons. The van der Waals surface area contributed by atoms with Crippen LogP contribution in [0.25, 0.3) is 0 Å². The highest BCUT2D eigenvalue weighted by atomic mass is 16.5. The smallest absolute Gasteiger partial charge is 0.257 e. The van der Waals surface area contributed by atoms with Crippen LogP contribution < -0.4 is 4.74 Å². The molecule has 0 N–H and O–H groups in total. The lowest BCUT2D eigenvalue weighted by Crippen LogP contribution is -2.37. The molecule has 1 fully saturated rings. The van der Waals surface area contributed by atoms with Gasteiger partial charge in [-0.2, -0.15) is 0 Å². The average molecular weight is 366 g/mol. The van der Waals surface area contributed by atoms with Crippen molar-refractivity contribution in [3.05, 3.63) is 64.7 Å². The first-order valence-electron chi connectivity index (χ1n) is 9.30. The lowest BCUT2D eigenvalue weighted by Gasteiger charge is -2.23. The van der Waals surface area contributed by atoms with Crippen molar-refractivity contribution >= 4 is 11.8 Å². The molecular weight excluding hydrogens is 340 g/mol. The molecule has 5 nitrogen and oxygen atoms in total. The van der Waals surface area contributed by atoms with Crippen LogP contribution in [0.15, 0.2) is 42.5 Å². The summed E-state index contributed by atoms with van der Waals surface area (Å²) in [4.78, 5) is 29.5. The van der Waals surface area contributed by atoms with Crippen LogP contribution in [0.4, 0.5) is 0 Å². The summed E-state index contributed by atoms with van der Waals surface area (Å²) in [6.45, 7) is 6.33. The number of methoxy groups -OCH3 is 1. The third-order valence-corrected chi connectivity index (χ3v) is 5.02. The molecule has 27 heavy (non-hydrogen) atoms. The number of rotatable bonds is 3. The zero-order valence-corrected chi connectivity index (χ0v) is 16.2. The fourth-order valence-corrected chi connectivity index (χ4v) is 3.54. The number of amides is 2. The monoisotopic (exact) mass is 366 g/mol. The van der Waals surface area contributed by atoms with Gasteiger partial charge in [-0.05, 0) is 44.0 Å². The molecule has 0 aliphatic carbocycles.